The van der Waals surface area contributed by atoms with Crippen LogP contribution in [0, 0.1) is 11.7 Å². The largest absolute Gasteiger partial charge is 0.396 e. The van der Waals surface area contributed by atoms with E-state index in [2.05, 4.69) is 0 Å². The zero-order valence-electron chi connectivity index (χ0n) is 12.0. The number of nitrogen functional groups attached to an aromatic ring is 1. The van der Waals surface area contributed by atoms with Gasteiger partial charge in [0.25, 0.3) is 0 Å². The minimum absolute atomic E-state index is 0.0933. The van der Waals surface area contributed by atoms with Crippen molar-refractivity contribution in [2.45, 2.75) is 38.6 Å². The summed E-state index contributed by atoms with van der Waals surface area (Å²) < 4.78 is 40.5. The van der Waals surface area contributed by atoms with Gasteiger partial charge in [-0.3, -0.25) is 0 Å². The standard InChI is InChI=1S/C13H20ClFN2O2S/c1-8(2)7-17(9(3)4)20(18,19)12-6-10(14)5-11(16)13(12)15/h5-6,8-9H,7,16H2,1-4H3. The monoisotopic (exact) mass is 322 g/mol. The van der Waals surface area contributed by atoms with Crippen LogP contribution in [0.4, 0.5) is 10.1 Å². The first-order valence-corrected chi connectivity index (χ1v) is 8.15. The molecule has 0 spiro atoms. The molecule has 0 saturated carbocycles. The molecule has 2 N–H and O–H groups in total. The van der Waals surface area contributed by atoms with Crippen LogP contribution in [0.2, 0.25) is 5.02 Å². The SMILES string of the molecule is CC(C)CN(C(C)C)S(=O)(=O)c1cc(Cl)cc(N)c1F. The van der Waals surface area contributed by atoms with Gasteiger partial charge < -0.3 is 5.73 Å². The number of halogens is 2. The summed E-state index contributed by atoms with van der Waals surface area (Å²) in [5, 5.41) is 0.0933. The molecule has 7 heteroatoms. The maximum absolute atomic E-state index is 14.0. The van der Waals surface area contributed by atoms with E-state index in [1.54, 1.807) is 13.8 Å². The number of rotatable bonds is 5. The van der Waals surface area contributed by atoms with Gasteiger partial charge in [-0.05, 0) is 31.9 Å². The molecule has 1 aromatic carbocycles. The minimum atomic E-state index is -3.98. The smallest absolute Gasteiger partial charge is 0.246 e. The lowest BCUT2D eigenvalue weighted by molar-refractivity contribution is 0.317. The number of hydrogen-bond donors (Lipinski definition) is 1. The normalized spacial score (nSPS) is 12.7. The second-order valence-electron chi connectivity index (χ2n) is 5.37. The van der Waals surface area contributed by atoms with Crippen LogP contribution in [-0.2, 0) is 10.0 Å². The summed E-state index contributed by atoms with van der Waals surface area (Å²) in [6.07, 6.45) is 0. The Hall–Kier alpha value is -0.850. The Labute approximate surface area is 124 Å². The van der Waals surface area contributed by atoms with Crippen LogP contribution in [0.3, 0.4) is 0 Å². The van der Waals surface area contributed by atoms with Crippen LogP contribution in [0.15, 0.2) is 17.0 Å². The molecule has 0 unspecified atom stereocenters. The van der Waals surface area contributed by atoms with Crippen LogP contribution in [0.5, 0.6) is 0 Å². The summed E-state index contributed by atoms with van der Waals surface area (Å²) in [5.41, 5.74) is 5.18. The predicted octanol–water partition coefficient (Wildman–Crippen LogP) is 3.12. The zero-order valence-corrected chi connectivity index (χ0v) is 13.6. The summed E-state index contributed by atoms with van der Waals surface area (Å²) in [4.78, 5) is -0.475. The highest BCUT2D eigenvalue weighted by atomic mass is 35.5. The van der Waals surface area contributed by atoms with Crippen molar-refractivity contribution in [2.75, 3.05) is 12.3 Å². The Bertz CT molecular complexity index is 588. The van der Waals surface area contributed by atoms with E-state index in [-0.39, 0.29) is 22.7 Å². The fraction of sp³-hybridized carbons (Fsp3) is 0.538. The highest BCUT2D eigenvalue weighted by Crippen LogP contribution is 2.28. The van der Waals surface area contributed by atoms with Crippen molar-refractivity contribution in [3.05, 3.63) is 23.0 Å². The molecule has 0 aromatic heterocycles. The minimum Gasteiger partial charge on any atom is -0.396 e. The molecule has 0 saturated heterocycles. The van der Waals surface area contributed by atoms with Crippen molar-refractivity contribution < 1.29 is 12.8 Å². The molecule has 0 amide bonds. The van der Waals surface area contributed by atoms with Crippen LogP contribution >= 0.6 is 11.6 Å². The number of nitrogens with two attached hydrogens (primary N) is 1. The number of benzene rings is 1. The van der Waals surface area contributed by atoms with Gasteiger partial charge >= 0.3 is 0 Å². The van der Waals surface area contributed by atoms with E-state index in [9.17, 15) is 12.8 Å². The number of nitrogens with zero attached hydrogens (tertiary/aromatic N) is 1. The van der Waals surface area contributed by atoms with Gasteiger partial charge in [0.2, 0.25) is 10.0 Å². The van der Waals surface area contributed by atoms with Gasteiger partial charge in [-0.25, -0.2) is 12.8 Å². The number of sulfonamides is 1. The quantitative estimate of drug-likeness (QED) is 0.847. The molecule has 0 aliphatic rings. The number of hydrogen-bond acceptors (Lipinski definition) is 3. The van der Waals surface area contributed by atoms with Gasteiger partial charge in [0.1, 0.15) is 4.90 Å². The third kappa shape index (κ3) is 3.62. The zero-order chi connectivity index (χ0) is 15.7. The van der Waals surface area contributed by atoms with E-state index >= 15 is 0 Å². The van der Waals surface area contributed by atoms with E-state index in [4.69, 9.17) is 17.3 Å². The first-order chi connectivity index (χ1) is 9.07. The van der Waals surface area contributed by atoms with Crippen molar-refractivity contribution in [3.8, 4) is 0 Å². The van der Waals surface area contributed by atoms with Gasteiger partial charge in [0, 0.05) is 17.6 Å². The summed E-state index contributed by atoms with van der Waals surface area (Å²) in [7, 11) is -3.98. The lowest BCUT2D eigenvalue weighted by Crippen LogP contribution is -2.39. The maximum Gasteiger partial charge on any atom is 0.246 e. The van der Waals surface area contributed by atoms with Gasteiger partial charge in [-0.15, -0.1) is 0 Å². The summed E-state index contributed by atoms with van der Waals surface area (Å²) in [5.74, 6) is -0.837. The van der Waals surface area contributed by atoms with Crippen LogP contribution in [-0.4, -0.2) is 25.3 Å². The molecule has 114 valence electrons. The van der Waals surface area contributed by atoms with Gasteiger partial charge in [-0.1, -0.05) is 25.4 Å². The molecule has 0 bridgehead atoms. The lowest BCUT2D eigenvalue weighted by Gasteiger charge is -2.27. The maximum atomic E-state index is 14.0. The van der Waals surface area contributed by atoms with Gasteiger partial charge in [-0.2, -0.15) is 4.31 Å². The van der Waals surface area contributed by atoms with E-state index < -0.39 is 20.7 Å². The van der Waals surface area contributed by atoms with Crippen molar-refractivity contribution in [1.29, 1.82) is 0 Å². The second kappa shape index (κ2) is 6.28. The second-order valence-corrected chi connectivity index (χ2v) is 7.66. The first-order valence-electron chi connectivity index (χ1n) is 6.33. The Morgan fingerprint density at radius 1 is 1.30 bits per heavy atom. The third-order valence-corrected chi connectivity index (χ3v) is 5.00. The fourth-order valence-electron chi connectivity index (χ4n) is 1.84. The van der Waals surface area contributed by atoms with Crippen molar-refractivity contribution in [1.82, 2.24) is 4.31 Å². The number of anilines is 1. The van der Waals surface area contributed by atoms with Crippen molar-refractivity contribution >= 4 is 27.3 Å². The van der Waals surface area contributed by atoms with E-state index in [0.29, 0.717) is 6.54 Å². The third-order valence-electron chi connectivity index (χ3n) is 2.74. The molecule has 0 aliphatic heterocycles. The summed E-state index contributed by atoms with van der Waals surface area (Å²) in [6.45, 7) is 7.57. The van der Waals surface area contributed by atoms with E-state index in [0.717, 1.165) is 6.07 Å². The molecular weight excluding hydrogens is 303 g/mol. The van der Waals surface area contributed by atoms with E-state index in [1.807, 2.05) is 13.8 Å². The first kappa shape index (κ1) is 17.2. The molecule has 0 fully saturated rings. The highest BCUT2D eigenvalue weighted by molar-refractivity contribution is 7.89. The van der Waals surface area contributed by atoms with Crippen molar-refractivity contribution in [2.24, 2.45) is 5.92 Å². The Kier molecular flexibility index (Phi) is 5.40. The summed E-state index contributed by atoms with van der Waals surface area (Å²) in [6, 6.07) is 2.00. The average molecular weight is 323 g/mol. The molecule has 0 atom stereocenters. The lowest BCUT2D eigenvalue weighted by atomic mass is 10.2. The Morgan fingerprint density at radius 3 is 2.30 bits per heavy atom. The average Bonchev–Trinajstić information content (AvgIpc) is 2.29. The Balaban J connectivity index is 3.41. The van der Waals surface area contributed by atoms with Crippen LogP contribution in [0.25, 0.3) is 0 Å². The molecule has 1 rings (SSSR count). The van der Waals surface area contributed by atoms with Crippen LogP contribution < -0.4 is 5.73 Å². The highest BCUT2D eigenvalue weighted by Gasteiger charge is 2.31. The molecular formula is C13H20ClFN2O2S. The predicted molar refractivity (Wildman–Crippen MR) is 79.7 cm³/mol. The topological polar surface area (TPSA) is 63.4 Å². The summed E-state index contributed by atoms with van der Waals surface area (Å²) >= 11 is 5.79. The molecule has 0 radical (unpaired) electrons. The molecule has 20 heavy (non-hydrogen) atoms. The van der Waals surface area contributed by atoms with Gasteiger partial charge in [0.15, 0.2) is 5.82 Å². The van der Waals surface area contributed by atoms with Crippen LogP contribution in [0.1, 0.15) is 27.7 Å². The van der Waals surface area contributed by atoms with E-state index in [1.165, 1.54) is 10.4 Å². The van der Waals surface area contributed by atoms with Crippen molar-refractivity contribution in [3.63, 3.8) is 0 Å². The Morgan fingerprint density at radius 2 is 1.85 bits per heavy atom. The molecule has 0 heterocycles. The molecule has 0 aliphatic carbocycles. The van der Waals surface area contributed by atoms with Gasteiger partial charge in [0.05, 0.1) is 5.69 Å². The molecule has 4 nitrogen and oxygen atoms in total. The molecule has 1 aromatic rings. The fourth-order valence-corrected chi connectivity index (χ4v) is 4.06.